The zero-order chi connectivity index (χ0) is 19.9. The first-order valence-electron chi connectivity index (χ1n) is 8.73. The minimum atomic E-state index is -0.566. The molecule has 0 radical (unpaired) electrons. The Morgan fingerprint density at radius 3 is 2.57 bits per heavy atom. The van der Waals surface area contributed by atoms with Crippen molar-refractivity contribution in [1.29, 1.82) is 5.26 Å². The van der Waals surface area contributed by atoms with Crippen LogP contribution < -0.4 is 5.32 Å². The van der Waals surface area contributed by atoms with Gasteiger partial charge >= 0.3 is 6.03 Å². The van der Waals surface area contributed by atoms with E-state index in [1.807, 2.05) is 0 Å². The highest BCUT2D eigenvalue weighted by Crippen LogP contribution is 2.14. The van der Waals surface area contributed by atoms with Gasteiger partial charge in [0.1, 0.15) is 24.3 Å². The summed E-state index contributed by atoms with van der Waals surface area (Å²) in [7, 11) is 0. The van der Waals surface area contributed by atoms with Crippen molar-refractivity contribution in [2.75, 3.05) is 18.4 Å². The van der Waals surface area contributed by atoms with Gasteiger partial charge in [0.25, 0.3) is 0 Å². The number of rotatable bonds is 4. The van der Waals surface area contributed by atoms with Crippen LogP contribution in [0.15, 0.2) is 47.6 Å². The van der Waals surface area contributed by atoms with E-state index < -0.39 is 5.82 Å². The Kier molecular flexibility index (Phi) is 6.17. The number of benzene rings is 2. The first kappa shape index (κ1) is 19.3. The summed E-state index contributed by atoms with van der Waals surface area (Å²) in [5.74, 6) is -0.926. The Morgan fingerprint density at radius 2 is 1.89 bits per heavy atom. The number of nitriles is 1. The molecular weight excluding hydrogens is 366 g/mol. The number of piperidine rings is 1. The zero-order valence-corrected chi connectivity index (χ0v) is 15.0. The van der Waals surface area contributed by atoms with Crippen LogP contribution in [0.3, 0.4) is 0 Å². The summed E-state index contributed by atoms with van der Waals surface area (Å²) in [6.07, 6.45) is 1.15. The van der Waals surface area contributed by atoms with Crippen molar-refractivity contribution in [3.05, 3.63) is 65.2 Å². The summed E-state index contributed by atoms with van der Waals surface area (Å²) in [5, 5.41) is 15.6. The monoisotopic (exact) mass is 384 g/mol. The number of oxime groups is 1. The van der Waals surface area contributed by atoms with Crippen molar-refractivity contribution >= 4 is 17.4 Å². The van der Waals surface area contributed by atoms with Crippen molar-refractivity contribution in [1.82, 2.24) is 4.90 Å². The molecule has 0 atom stereocenters. The molecule has 0 saturated carbocycles. The first-order valence-corrected chi connectivity index (χ1v) is 8.73. The predicted octanol–water partition coefficient (Wildman–Crippen LogP) is 4.04. The summed E-state index contributed by atoms with van der Waals surface area (Å²) in [6.45, 7) is 1.11. The standard InChI is InChI=1S/C20H18F2N4O2/c21-16-2-4-17(5-3-16)24-20(27)26-9-7-18(8-10-26)25-28-13-14-1-6-19(22)15(11-14)12-23/h1-6,11H,7-10,13H2,(H,24,27). The molecule has 0 unspecified atom stereocenters. The maximum Gasteiger partial charge on any atom is 0.321 e. The lowest BCUT2D eigenvalue weighted by Gasteiger charge is -2.27. The fraction of sp³-hybridized carbons (Fsp3) is 0.250. The molecule has 3 rings (SSSR count). The number of urea groups is 1. The van der Waals surface area contributed by atoms with Crippen molar-refractivity contribution < 1.29 is 18.4 Å². The first-order chi connectivity index (χ1) is 13.5. The van der Waals surface area contributed by atoms with E-state index >= 15 is 0 Å². The van der Waals surface area contributed by atoms with E-state index in [1.54, 1.807) is 17.0 Å². The molecule has 0 aromatic heterocycles. The molecule has 6 nitrogen and oxygen atoms in total. The molecule has 0 bridgehead atoms. The third-order valence-electron chi connectivity index (χ3n) is 4.30. The highest BCUT2D eigenvalue weighted by molar-refractivity contribution is 5.92. The van der Waals surface area contributed by atoms with E-state index in [4.69, 9.17) is 10.1 Å². The molecule has 0 aliphatic carbocycles. The second-order valence-corrected chi connectivity index (χ2v) is 6.28. The predicted molar refractivity (Wildman–Crippen MR) is 99.6 cm³/mol. The second kappa shape index (κ2) is 8.95. The number of hydrogen-bond donors (Lipinski definition) is 1. The van der Waals surface area contributed by atoms with Gasteiger partial charge in [-0.2, -0.15) is 5.26 Å². The normalized spacial score (nSPS) is 13.6. The summed E-state index contributed by atoms with van der Waals surface area (Å²) < 4.78 is 26.2. The molecule has 8 heteroatoms. The lowest BCUT2D eigenvalue weighted by Crippen LogP contribution is -2.41. The summed E-state index contributed by atoms with van der Waals surface area (Å²) in [4.78, 5) is 19.2. The van der Waals surface area contributed by atoms with Gasteiger partial charge < -0.3 is 15.1 Å². The van der Waals surface area contributed by atoms with E-state index in [1.165, 1.54) is 36.4 Å². The summed E-state index contributed by atoms with van der Waals surface area (Å²) in [5.41, 5.74) is 1.98. The van der Waals surface area contributed by atoms with Gasteiger partial charge in [-0.25, -0.2) is 13.6 Å². The fourth-order valence-corrected chi connectivity index (χ4v) is 2.74. The number of halogens is 2. The van der Waals surface area contributed by atoms with Gasteiger partial charge in [-0.05, 0) is 42.0 Å². The average Bonchev–Trinajstić information content (AvgIpc) is 2.71. The van der Waals surface area contributed by atoms with Crippen LogP contribution in [0.2, 0.25) is 0 Å². The number of carbonyl (C=O) groups excluding carboxylic acids is 1. The molecule has 1 N–H and O–H groups in total. The van der Waals surface area contributed by atoms with Crippen LogP contribution in [0, 0.1) is 23.0 Å². The Labute approximate surface area is 161 Å². The number of hydrogen-bond acceptors (Lipinski definition) is 4. The molecule has 1 heterocycles. The highest BCUT2D eigenvalue weighted by Gasteiger charge is 2.20. The SMILES string of the molecule is N#Cc1cc(CON=C2CCN(C(=O)Nc3ccc(F)cc3)CC2)ccc1F. The molecule has 2 amide bonds. The largest absolute Gasteiger partial charge is 0.391 e. The average molecular weight is 384 g/mol. The van der Waals surface area contributed by atoms with Gasteiger partial charge in [-0.1, -0.05) is 11.2 Å². The van der Waals surface area contributed by atoms with Gasteiger partial charge in [0, 0.05) is 31.6 Å². The van der Waals surface area contributed by atoms with E-state index in [-0.39, 0.29) is 24.0 Å². The lowest BCUT2D eigenvalue weighted by atomic mass is 10.1. The molecule has 28 heavy (non-hydrogen) atoms. The second-order valence-electron chi connectivity index (χ2n) is 6.28. The van der Waals surface area contributed by atoms with E-state index in [2.05, 4.69) is 10.5 Å². The van der Waals surface area contributed by atoms with Crippen molar-refractivity contribution in [2.24, 2.45) is 5.16 Å². The van der Waals surface area contributed by atoms with Crippen LogP contribution in [-0.4, -0.2) is 29.7 Å². The summed E-state index contributed by atoms with van der Waals surface area (Å²) >= 11 is 0. The number of anilines is 1. The van der Waals surface area contributed by atoms with Gasteiger partial charge in [0.05, 0.1) is 11.3 Å². The van der Waals surface area contributed by atoms with Crippen molar-refractivity contribution in [2.45, 2.75) is 19.4 Å². The Morgan fingerprint density at radius 1 is 1.18 bits per heavy atom. The van der Waals surface area contributed by atoms with Gasteiger partial charge in [-0.15, -0.1) is 0 Å². The molecular formula is C20H18F2N4O2. The zero-order valence-electron chi connectivity index (χ0n) is 15.0. The number of nitrogens with zero attached hydrogens (tertiary/aromatic N) is 3. The third-order valence-corrected chi connectivity index (χ3v) is 4.30. The Balaban J connectivity index is 1.46. The minimum Gasteiger partial charge on any atom is -0.391 e. The van der Waals surface area contributed by atoms with E-state index in [9.17, 15) is 13.6 Å². The van der Waals surface area contributed by atoms with Crippen LogP contribution in [-0.2, 0) is 11.4 Å². The van der Waals surface area contributed by atoms with Crippen molar-refractivity contribution in [3.63, 3.8) is 0 Å². The van der Waals surface area contributed by atoms with Crippen LogP contribution in [0.4, 0.5) is 19.3 Å². The number of nitrogens with one attached hydrogen (secondary N) is 1. The topological polar surface area (TPSA) is 77.7 Å². The maximum atomic E-state index is 13.3. The van der Waals surface area contributed by atoms with Crippen LogP contribution in [0.1, 0.15) is 24.0 Å². The summed E-state index contributed by atoms with van der Waals surface area (Å²) in [6, 6.07) is 11.3. The van der Waals surface area contributed by atoms with E-state index in [0.717, 1.165) is 5.71 Å². The molecule has 1 aliphatic heterocycles. The maximum absolute atomic E-state index is 13.3. The third kappa shape index (κ3) is 5.04. The van der Waals surface area contributed by atoms with Crippen LogP contribution in [0.25, 0.3) is 0 Å². The lowest BCUT2D eigenvalue weighted by molar-refractivity contribution is 0.127. The minimum absolute atomic E-state index is 0.0331. The van der Waals surface area contributed by atoms with Gasteiger partial charge in [0.2, 0.25) is 0 Å². The van der Waals surface area contributed by atoms with E-state index in [0.29, 0.717) is 37.2 Å². The smallest absolute Gasteiger partial charge is 0.321 e. The number of amides is 2. The van der Waals surface area contributed by atoms with Gasteiger partial charge in [-0.3, -0.25) is 0 Å². The van der Waals surface area contributed by atoms with Crippen molar-refractivity contribution in [3.8, 4) is 6.07 Å². The Bertz CT molecular complexity index is 913. The molecule has 0 spiro atoms. The fourth-order valence-electron chi connectivity index (χ4n) is 2.74. The van der Waals surface area contributed by atoms with Crippen LogP contribution in [0.5, 0.6) is 0 Å². The molecule has 144 valence electrons. The number of carbonyl (C=O) groups is 1. The number of likely N-dealkylation sites (tertiary alicyclic amines) is 1. The highest BCUT2D eigenvalue weighted by atomic mass is 19.1. The molecule has 2 aromatic rings. The molecule has 2 aromatic carbocycles. The Hall–Kier alpha value is -3.47. The quantitative estimate of drug-likeness (QED) is 0.809. The molecule has 1 fully saturated rings. The van der Waals surface area contributed by atoms with Crippen LogP contribution >= 0.6 is 0 Å². The molecule has 1 saturated heterocycles. The van der Waals surface area contributed by atoms with Gasteiger partial charge in [0.15, 0.2) is 0 Å². The molecule has 1 aliphatic rings.